The number of carbonyl (C=O) groups excluding carboxylic acids is 1. The van der Waals surface area contributed by atoms with Crippen LogP contribution in [0.1, 0.15) is 36.1 Å². The number of likely N-dealkylation sites (N-methyl/N-ethyl adjacent to an activating group) is 2. The van der Waals surface area contributed by atoms with E-state index in [9.17, 15) is 40.6 Å². The lowest BCUT2D eigenvalue weighted by atomic mass is 9.81. The van der Waals surface area contributed by atoms with E-state index < -0.39 is 48.2 Å². The first kappa shape index (κ1) is 36.3. The maximum absolute atomic E-state index is 13.8. The Labute approximate surface area is 268 Å². The highest BCUT2D eigenvalue weighted by atomic mass is 31.2. The van der Waals surface area contributed by atoms with Crippen LogP contribution in [0.5, 0.6) is 0 Å². The fourth-order valence-corrected chi connectivity index (χ4v) is 5.86. The standard InChI is InChI=1S/C31H35F6N4O5P/c1-20-8-6-7-9-25(20)26-17-24(18-38-27(26)40-10-12-41(5,13-11-40)19-46-47(43,44)45)39(4)28(42)29(2,3)21-14-22(30(32,33)34)16-23(15-21)31(35,36)37/h6-9,14-18H,10-13,19H2,1-5H3,(H-,43,44,45). The quantitative estimate of drug-likeness (QED) is 0.183. The van der Waals surface area contributed by atoms with Crippen LogP contribution in [0.4, 0.5) is 37.8 Å². The molecule has 0 radical (unpaired) electrons. The molecule has 1 N–H and O–H groups in total. The van der Waals surface area contributed by atoms with Gasteiger partial charge in [-0.05, 0) is 61.7 Å². The fraction of sp³-hybridized carbons (Fsp3) is 0.419. The maximum atomic E-state index is 13.8. The second kappa shape index (κ2) is 12.8. The van der Waals surface area contributed by atoms with E-state index in [0.29, 0.717) is 49.7 Å². The summed E-state index contributed by atoms with van der Waals surface area (Å²) < 4.78 is 97.5. The maximum Gasteiger partial charge on any atom is 0.416 e. The Bertz CT molecular complexity index is 1650. The van der Waals surface area contributed by atoms with Crippen molar-refractivity contribution < 1.29 is 54.5 Å². The minimum atomic E-state index is -5.07. The summed E-state index contributed by atoms with van der Waals surface area (Å²) >= 11 is 0. The molecule has 1 aromatic heterocycles. The molecule has 16 heteroatoms. The highest BCUT2D eigenvalue weighted by molar-refractivity contribution is 7.44. The van der Waals surface area contributed by atoms with Gasteiger partial charge < -0.3 is 24.1 Å². The molecule has 256 valence electrons. The van der Waals surface area contributed by atoms with Gasteiger partial charge >= 0.3 is 12.4 Å². The summed E-state index contributed by atoms with van der Waals surface area (Å²) in [4.78, 5) is 41.8. The third kappa shape index (κ3) is 8.33. The van der Waals surface area contributed by atoms with Gasteiger partial charge in [0, 0.05) is 12.6 Å². The second-order valence-corrected chi connectivity index (χ2v) is 13.6. The Morgan fingerprint density at radius 1 is 1.00 bits per heavy atom. The number of hydrogen-bond acceptors (Lipinski definition) is 6. The minimum absolute atomic E-state index is 0.0227. The predicted molar refractivity (Wildman–Crippen MR) is 161 cm³/mol. The van der Waals surface area contributed by atoms with Crippen molar-refractivity contribution in [2.45, 2.75) is 38.5 Å². The number of hydrogen-bond donors (Lipinski definition) is 1. The van der Waals surface area contributed by atoms with Crippen molar-refractivity contribution in [2.75, 3.05) is 56.8 Å². The zero-order valence-corrected chi connectivity index (χ0v) is 27.2. The average Bonchev–Trinajstić information content (AvgIpc) is 2.98. The lowest BCUT2D eigenvalue weighted by molar-refractivity contribution is -0.925. The number of phosphoric ester groups is 1. The number of phosphoric acid groups is 1. The molecule has 1 fully saturated rings. The van der Waals surface area contributed by atoms with Crippen LogP contribution in [0.2, 0.25) is 0 Å². The minimum Gasteiger partial charge on any atom is -0.756 e. The van der Waals surface area contributed by atoms with E-state index >= 15 is 0 Å². The molecular formula is C31H35F6N4O5P. The lowest BCUT2D eigenvalue weighted by Crippen LogP contribution is -2.58. The fourth-order valence-electron chi connectivity index (χ4n) is 5.43. The van der Waals surface area contributed by atoms with Gasteiger partial charge in [0.25, 0.3) is 7.82 Å². The molecule has 1 unspecified atom stereocenters. The summed E-state index contributed by atoms with van der Waals surface area (Å²) in [5.41, 5.74) is -2.74. The molecule has 2 aromatic carbocycles. The van der Waals surface area contributed by atoms with Crippen molar-refractivity contribution in [3.05, 3.63) is 77.0 Å². The van der Waals surface area contributed by atoms with Crippen molar-refractivity contribution in [1.29, 1.82) is 0 Å². The van der Waals surface area contributed by atoms with E-state index in [0.717, 1.165) is 16.0 Å². The predicted octanol–water partition coefficient (Wildman–Crippen LogP) is 5.74. The lowest BCUT2D eigenvalue weighted by Gasteiger charge is -2.42. The van der Waals surface area contributed by atoms with Gasteiger partial charge in [0.1, 0.15) is 5.82 Å². The number of alkyl halides is 6. The normalized spacial score (nSPS) is 16.9. The first-order valence-corrected chi connectivity index (χ1v) is 15.9. The van der Waals surface area contributed by atoms with Crippen molar-refractivity contribution in [3.8, 4) is 11.1 Å². The largest absolute Gasteiger partial charge is 0.756 e. The molecule has 2 heterocycles. The molecule has 0 saturated carbocycles. The Hall–Kier alpha value is -3.49. The van der Waals surface area contributed by atoms with Crippen LogP contribution >= 0.6 is 7.82 Å². The summed E-state index contributed by atoms with van der Waals surface area (Å²) in [6.45, 7) is 5.91. The van der Waals surface area contributed by atoms with E-state index in [4.69, 9.17) is 4.89 Å². The van der Waals surface area contributed by atoms with Gasteiger partial charge in [-0.3, -0.25) is 13.9 Å². The van der Waals surface area contributed by atoms with Crippen LogP contribution in [0.3, 0.4) is 0 Å². The Morgan fingerprint density at radius 3 is 2.04 bits per heavy atom. The summed E-state index contributed by atoms with van der Waals surface area (Å²) in [6, 6.07) is 10.2. The molecule has 0 spiro atoms. The molecular weight excluding hydrogens is 653 g/mol. The zero-order valence-electron chi connectivity index (χ0n) is 26.3. The van der Waals surface area contributed by atoms with E-state index in [1.165, 1.54) is 27.1 Å². The second-order valence-electron chi connectivity index (χ2n) is 12.4. The SMILES string of the molecule is Cc1ccccc1-c1cc(N(C)C(=O)C(C)(C)c2cc(C(F)(F)F)cc(C(F)(F)F)c2)cnc1N1CC[N+](C)(COP(=O)([O-])O)CC1. The van der Waals surface area contributed by atoms with Crippen LogP contribution in [0, 0.1) is 6.92 Å². The molecule has 0 bridgehead atoms. The molecule has 3 aromatic rings. The zero-order chi connectivity index (χ0) is 35.2. The number of amides is 1. The number of nitrogens with zero attached hydrogens (tertiary/aromatic N) is 4. The number of pyridine rings is 1. The number of piperazine rings is 1. The van der Waals surface area contributed by atoms with Crippen LogP contribution < -0.4 is 14.7 Å². The van der Waals surface area contributed by atoms with Gasteiger partial charge in [0.05, 0.1) is 61.7 Å². The van der Waals surface area contributed by atoms with E-state index in [1.54, 1.807) is 13.1 Å². The smallest absolute Gasteiger partial charge is 0.416 e. The van der Waals surface area contributed by atoms with E-state index in [1.807, 2.05) is 36.1 Å². The highest BCUT2D eigenvalue weighted by Crippen LogP contribution is 2.41. The van der Waals surface area contributed by atoms with Crippen LogP contribution in [0.15, 0.2) is 54.7 Å². The molecule has 47 heavy (non-hydrogen) atoms. The number of carbonyl (C=O) groups is 1. The molecule has 1 atom stereocenters. The van der Waals surface area contributed by atoms with E-state index in [-0.39, 0.29) is 23.0 Å². The van der Waals surface area contributed by atoms with Crippen molar-refractivity contribution in [2.24, 2.45) is 0 Å². The number of benzene rings is 2. The number of anilines is 2. The van der Waals surface area contributed by atoms with Gasteiger partial charge in [-0.2, -0.15) is 26.3 Å². The van der Waals surface area contributed by atoms with Crippen molar-refractivity contribution >= 4 is 25.2 Å². The van der Waals surface area contributed by atoms with Gasteiger partial charge in [0.2, 0.25) is 5.91 Å². The van der Waals surface area contributed by atoms with Crippen LogP contribution in [-0.4, -0.2) is 67.3 Å². The summed E-state index contributed by atoms with van der Waals surface area (Å²) in [6.07, 6.45) is -8.74. The number of aryl methyl sites for hydroxylation is 1. The number of aromatic nitrogens is 1. The molecule has 1 aliphatic rings. The summed E-state index contributed by atoms with van der Waals surface area (Å²) in [5.74, 6) is -0.208. The molecule has 1 saturated heterocycles. The molecule has 1 aliphatic heterocycles. The third-order valence-corrected chi connectivity index (χ3v) is 8.92. The monoisotopic (exact) mass is 688 g/mol. The molecule has 4 rings (SSSR count). The van der Waals surface area contributed by atoms with Crippen molar-refractivity contribution in [1.82, 2.24) is 4.98 Å². The Morgan fingerprint density at radius 2 is 1.53 bits per heavy atom. The highest BCUT2D eigenvalue weighted by Gasteiger charge is 2.41. The number of quaternary nitrogens is 1. The molecule has 9 nitrogen and oxygen atoms in total. The topological polar surface area (TPSA) is 106 Å². The third-order valence-electron chi connectivity index (χ3n) is 8.48. The summed E-state index contributed by atoms with van der Waals surface area (Å²) in [7, 11) is -1.74. The molecule has 0 aliphatic carbocycles. The number of rotatable bonds is 8. The van der Waals surface area contributed by atoms with Gasteiger partial charge in [-0.15, -0.1) is 0 Å². The first-order chi connectivity index (χ1) is 21.5. The first-order valence-electron chi connectivity index (χ1n) is 14.4. The van der Waals surface area contributed by atoms with E-state index in [2.05, 4.69) is 9.51 Å². The van der Waals surface area contributed by atoms with Gasteiger partial charge in [-0.25, -0.2) is 4.98 Å². The number of halogens is 6. The van der Waals surface area contributed by atoms with Gasteiger partial charge in [0.15, 0.2) is 6.73 Å². The Kier molecular flexibility index (Phi) is 9.94. The van der Waals surface area contributed by atoms with Gasteiger partial charge in [-0.1, -0.05) is 24.3 Å². The Balaban J connectivity index is 1.70. The molecule has 1 amide bonds. The van der Waals surface area contributed by atoms with Crippen LogP contribution in [0.25, 0.3) is 11.1 Å². The van der Waals surface area contributed by atoms with Crippen LogP contribution in [-0.2, 0) is 31.7 Å². The summed E-state index contributed by atoms with van der Waals surface area (Å²) in [5, 5.41) is 0. The average molecular weight is 689 g/mol. The van der Waals surface area contributed by atoms with Crippen molar-refractivity contribution in [3.63, 3.8) is 0 Å².